The molecule has 0 bridgehead atoms. The molecule has 1 rings (SSSR count). The second-order valence-electron chi connectivity index (χ2n) is 5.25. The van der Waals surface area contributed by atoms with Crippen LogP contribution in [0.5, 0.6) is 0 Å². The maximum Gasteiger partial charge on any atom is 0.305 e. The zero-order valence-corrected chi connectivity index (χ0v) is 12.2. The van der Waals surface area contributed by atoms with Crippen LogP contribution in [-0.4, -0.2) is 40.2 Å². The lowest BCUT2D eigenvalue weighted by molar-refractivity contribution is -0.137. The average Bonchev–Trinajstić information content (AvgIpc) is 2.24. The van der Waals surface area contributed by atoms with Gasteiger partial charge < -0.3 is 15.3 Å². The van der Waals surface area contributed by atoms with Crippen LogP contribution >= 0.6 is 0 Å². The van der Waals surface area contributed by atoms with Crippen LogP contribution in [0.25, 0.3) is 0 Å². The van der Waals surface area contributed by atoms with Gasteiger partial charge in [0.05, 0.1) is 6.42 Å². The van der Waals surface area contributed by atoms with Gasteiger partial charge in [0.25, 0.3) is 0 Å². The third-order valence-corrected chi connectivity index (χ3v) is 2.75. The predicted molar refractivity (Wildman–Crippen MR) is 75.7 cm³/mol. The number of aryl methyl sites for hydroxylation is 1. The van der Waals surface area contributed by atoms with Crippen LogP contribution < -0.4 is 10.2 Å². The molecule has 19 heavy (non-hydrogen) atoms. The van der Waals surface area contributed by atoms with Gasteiger partial charge in [-0.05, 0) is 27.7 Å². The maximum atomic E-state index is 10.8. The number of nitrogens with zero attached hydrogens (tertiary/aromatic N) is 3. The molecule has 0 amide bonds. The Bertz CT molecular complexity index is 460. The van der Waals surface area contributed by atoms with Crippen molar-refractivity contribution in [2.45, 2.75) is 39.7 Å². The molecule has 0 saturated carbocycles. The van der Waals surface area contributed by atoms with Crippen molar-refractivity contribution in [1.29, 1.82) is 0 Å². The van der Waals surface area contributed by atoms with Gasteiger partial charge in [0.1, 0.15) is 17.5 Å². The Morgan fingerprint density at radius 1 is 1.47 bits per heavy atom. The molecule has 0 unspecified atom stereocenters. The number of carbonyl (C=O) groups is 1. The molecule has 0 aliphatic heterocycles. The lowest BCUT2D eigenvalue weighted by Crippen LogP contribution is -2.34. The molecule has 6 nitrogen and oxygen atoms in total. The summed E-state index contributed by atoms with van der Waals surface area (Å²) in [7, 11) is 1.95. The van der Waals surface area contributed by atoms with Crippen LogP contribution in [0.4, 0.5) is 11.6 Å². The van der Waals surface area contributed by atoms with Crippen LogP contribution in [0, 0.1) is 6.92 Å². The lowest BCUT2D eigenvalue weighted by Gasteiger charge is -2.26. The summed E-state index contributed by atoms with van der Waals surface area (Å²) < 4.78 is 0. The molecule has 1 heterocycles. The molecule has 0 radical (unpaired) electrons. The summed E-state index contributed by atoms with van der Waals surface area (Å²) in [5.41, 5.74) is -0.561. The minimum atomic E-state index is -0.839. The molecule has 0 atom stereocenters. The molecular weight excluding hydrogens is 244 g/mol. The van der Waals surface area contributed by atoms with E-state index in [0.29, 0.717) is 11.6 Å². The monoisotopic (exact) mass is 266 g/mol. The molecule has 106 valence electrons. The predicted octanol–water partition coefficient (Wildman–Crippen LogP) is 1.91. The summed E-state index contributed by atoms with van der Waals surface area (Å²) >= 11 is 0. The van der Waals surface area contributed by atoms with Crippen LogP contribution in [0.15, 0.2) is 6.07 Å². The highest BCUT2D eigenvalue weighted by Crippen LogP contribution is 2.20. The molecule has 0 aromatic carbocycles. The zero-order valence-electron chi connectivity index (χ0n) is 12.2. The van der Waals surface area contributed by atoms with Crippen molar-refractivity contribution < 1.29 is 9.90 Å². The Morgan fingerprint density at radius 2 is 2.11 bits per heavy atom. The van der Waals surface area contributed by atoms with Gasteiger partial charge in [-0.3, -0.25) is 4.79 Å². The molecule has 6 heteroatoms. The maximum absolute atomic E-state index is 10.8. The summed E-state index contributed by atoms with van der Waals surface area (Å²) in [6.45, 7) is 8.37. The molecule has 0 fully saturated rings. The van der Waals surface area contributed by atoms with Crippen LogP contribution in [-0.2, 0) is 4.79 Å². The molecule has 1 aromatic rings. The summed E-state index contributed by atoms with van der Waals surface area (Å²) in [5.74, 6) is 1.29. The number of hydrogen-bond acceptors (Lipinski definition) is 5. The van der Waals surface area contributed by atoms with Gasteiger partial charge in [0.15, 0.2) is 0 Å². The van der Waals surface area contributed by atoms with Crippen molar-refractivity contribution in [3.05, 3.63) is 11.9 Å². The number of aromatic nitrogens is 2. The van der Waals surface area contributed by atoms with E-state index in [4.69, 9.17) is 5.11 Å². The number of hydrogen-bond donors (Lipinski definition) is 2. The molecule has 0 aliphatic rings. The van der Waals surface area contributed by atoms with Crippen molar-refractivity contribution in [1.82, 2.24) is 9.97 Å². The van der Waals surface area contributed by atoms with Crippen molar-refractivity contribution in [2.75, 3.05) is 23.8 Å². The van der Waals surface area contributed by atoms with Crippen LogP contribution in [0.2, 0.25) is 0 Å². The number of rotatable bonds is 6. The Hall–Kier alpha value is -1.85. The van der Waals surface area contributed by atoms with E-state index in [0.717, 1.165) is 12.4 Å². The first kappa shape index (κ1) is 15.2. The Balaban J connectivity index is 2.95. The zero-order chi connectivity index (χ0) is 14.6. The number of carboxylic acids is 1. The van der Waals surface area contributed by atoms with E-state index in [-0.39, 0.29) is 6.42 Å². The molecule has 1 aromatic heterocycles. The van der Waals surface area contributed by atoms with Crippen molar-refractivity contribution in [3.63, 3.8) is 0 Å². The largest absolute Gasteiger partial charge is 0.481 e. The SMILES string of the molecule is CCN(C)c1cc(NC(C)(C)CC(=O)O)nc(C)n1. The summed E-state index contributed by atoms with van der Waals surface area (Å²) in [5, 5.41) is 12.0. The smallest absolute Gasteiger partial charge is 0.305 e. The molecule has 0 aliphatic carbocycles. The molecule has 0 saturated heterocycles. The first-order valence-electron chi connectivity index (χ1n) is 6.30. The van der Waals surface area contributed by atoms with Crippen LogP contribution in [0.1, 0.15) is 33.0 Å². The molecular formula is C13H22N4O2. The highest BCUT2D eigenvalue weighted by atomic mass is 16.4. The summed E-state index contributed by atoms with van der Waals surface area (Å²) in [4.78, 5) is 21.5. The second kappa shape index (κ2) is 5.86. The minimum absolute atomic E-state index is 0.0228. The quantitative estimate of drug-likeness (QED) is 0.819. The highest BCUT2D eigenvalue weighted by Gasteiger charge is 2.22. The van der Waals surface area contributed by atoms with E-state index in [9.17, 15) is 4.79 Å². The lowest BCUT2D eigenvalue weighted by atomic mass is 10.0. The number of carboxylic acid groups (broad SMARTS) is 1. The van der Waals surface area contributed by atoms with Crippen molar-refractivity contribution in [3.8, 4) is 0 Å². The van der Waals surface area contributed by atoms with E-state index in [2.05, 4.69) is 15.3 Å². The van der Waals surface area contributed by atoms with Gasteiger partial charge >= 0.3 is 5.97 Å². The first-order valence-corrected chi connectivity index (χ1v) is 6.30. The van der Waals surface area contributed by atoms with Gasteiger partial charge in [-0.2, -0.15) is 0 Å². The second-order valence-corrected chi connectivity index (χ2v) is 5.25. The number of nitrogens with one attached hydrogen (secondary N) is 1. The van der Waals surface area contributed by atoms with Gasteiger partial charge in [-0.1, -0.05) is 0 Å². The van der Waals surface area contributed by atoms with Crippen molar-refractivity contribution in [2.24, 2.45) is 0 Å². The van der Waals surface area contributed by atoms with Gasteiger partial charge in [0.2, 0.25) is 0 Å². The van der Waals surface area contributed by atoms with Crippen molar-refractivity contribution >= 4 is 17.6 Å². The highest BCUT2D eigenvalue weighted by molar-refractivity contribution is 5.69. The van der Waals surface area contributed by atoms with Crippen LogP contribution in [0.3, 0.4) is 0 Å². The van der Waals surface area contributed by atoms with Gasteiger partial charge in [-0.15, -0.1) is 0 Å². The van der Waals surface area contributed by atoms with Gasteiger partial charge in [-0.25, -0.2) is 9.97 Å². The van der Waals surface area contributed by atoms with E-state index >= 15 is 0 Å². The van der Waals surface area contributed by atoms with E-state index < -0.39 is 11.5 Å². The van der Waals surface area contributed by atoms with E-state index in [1.165, 1.54) is 0 Å². The molecule has 0 spiro atoms. The third kappa shape index (κ3) is 4.73. The first-order chi connectivity index (χ1) is 8.73. The van der Waals surface area contributed by atoms with E-state index in [1.54, 1.807) is 0 Å². The standard InChI is InChI=1S/C13H22N4O2/c1-6-17(5)11-7-10(14-9(2)15-11)16-13(3,4)8-12(18)19/h7H,6,8H2,1-5H3,(H,18,19)(H,14,15,16). The average molecular weight is 266 g/mol. The third-order valence-electron chi connectivity index (χ3n) is 2.75. The topological polar surface area (TPSA) is 78.4 Å². The normalized spacial score (nSPS) is 11.2. The minimum Gasteiger partial charge on any atom is -0.481 e. The Labute approximate surface area is 113 Å². The van der Waals surface area contributed by atoms with E-state index in [1.807, 2.05) is 45.7 Å². The number of aliphatic carboxylic acids is 1. The fourth-order valence-corrected chi connectivity index (χ4v) is 1.74. The summed E-state index contributed by atoms with van der Waals surface area (Å²) in [6.07, 6.45) is 0.0228. The van der Waals surface area contributed by atoms with Gasteiger partial charge in [0, 0.05) is 25.2 Å². The Morgan fingerprint density at radius 3 is 2.63 bits per heavy atom. The summed E-state index contributed by atoms with van der Waals surface area (Å²) in [6, 6.07) is 1.83. The molecule has 2 N–H and O–H groups in total. The Kier molecular flexibility index (Phi) is 4.69. The number of anilines is 2. The fraction of sp³-hybridized carbons (Fsp3) is 0.615. The fourth-order valence-electron chi connectivity index (χ4n) is 1.74.